The average Bonchev–Trinajstić information content (AvgIpc) is 3.05. The highest BCUT2D eigenvalue weighted by atomic mass is 32.1. The van der Waals surface area contributed by atoms with E-state index in [2.05, 4.69) is 27.5 Å². The Morgan fingerprint density at radius 3 is 2.54 bits per heavy atom. The Bertz CT molecular complexity index is 639. The van der Waals surface area contributed by atoms with Crippen LogP contribution >= 0.6 is 11.3 Å². The molecule has 160 valence electrons. The number of aromatic nitrogens is 1. The van der Waals surface area contributed by atoms with Gasteiger partial charge < -0.3 is 25.2 Å². The molecule has 9 heteroatoms. The molecule has 0 fully saturated rings. The van der Waals surface area contributed by atoms with Crippen LogP contribution in [-0.2, 0) is 11.3 Å². The predicted molar refractivity (Wildman–Crippen MR) is 117 cm³/mol. The number of ether oxygens (including phenoxy) is 1. The number of guanidine groups is 1. The standard InChI is InChI=1S/C19H36N6O2S/c1-9-20-16(22-11-15-13-28-17(23-15)24(6)7)21-10-14(2)12-25(8)18(26)27-19(3,4)5/h13-14H,9-12H2,1-8H3,(H2,20,21,22). The first-order valence-electron chi connectivity index (χ1n) is 9.59. The minimum absolute atomic E-state index is 0.237. The first-order valence-corrected chi connectivity index (χ1v) is 10.5. The number of nitrogens with one attached hydrogen (secondary N) is 2. The second-order valence-electron chi connectivity index (χ2n) is 8.06. The Kier molecular flexibility index (Phi) is 9.51. The molecule has 0 bridgehead atoms. The van der Waals surface area contributed by atoms with Crippen molar-refractivity contribution in [3.63, 3.8) is 0 Å². The van der Waals surface area contributed by atoms with E-state index in [-0.39, 0.29) is 12.0 Å². The first kappa shape index (κ1) is 24.0. The van der Waals surface area contributed by atoms with Crippen LogP contribution in [0, 0.1) is 5.92 Å². The summed E-state index contributed by atoms with van der Waals surface area (Å²) in [6.45, 7) is 12.3. The highest BCUT2D eigenvalue weighted by Gasteiger charge is 2.20. The second-order valence-corrected chi connectivity index (χ2v) is 8.89. The van der Waals surface area contributed by atoms with Crippen LogP contribution in [0.2, 0.25) is 0 Å². The van der Waals surface area contributed by atoms with E-state index in [4.69, 9.17) is 4.74 Å². The molecule has 1 atom stereocenters. The largest absolute Gasteiger partial charge is 0.444 e. The maximum atomic E-state index is 12.1. The van der Waals surface area contributed by atoms with E-state index < -0.39 is 5.60 Å². The van der Waals surface area contributed by atoms with Crippen LogP contribution in [-0.4, -0.2) is 68.3 Å². The minimum atomic E-state index is -0.486. The van der Waals surface area contributed by atoms with Crippen molar-refractivity contribution in [2.45, 2.75) is 46.8 Å². The molecule has 0 saturated carbocycles. The van der Waals surface area contributed by atoms with Crippen molar-refractivity contribution in [2.75, 3.05) is 45.7 Å². The van der Waals surface area contributed by atoms with Crippen molar-refractivity contribution < 1.29 is 9.53 Å². The summed E-state index contributed by atoms with van der Waals surface area (Å²) in [6, 6.07) is 0. The van der Waals surface area contributed by atoms with E-state index in [1.54, 1.807) is 23.3 Å². The molecule has 1 heterocycles. The maximum absolute atomic E-state index is 12.1. The number of thiazole rings is 1. The predicted octanol–water partition coefficient (Wildman–Crippen LogP) is 2.77. The van der Waals surface area contributed by atoms with E-state index in [0.717, 1.165) is 23.3 Å². The summed E-state index contributed by atoms with van der Waals surface area (Å²) in [5.41, 5.74) is 0.462. The van der Waals surface area contributed by atoms with Gasteiger partial charge in [0.05, 0.1) is 12.2 Å². The Hall–Kier alpha value is -2.03. The molecule has 1 amide bonds. The zero-order valence-corrected chi connectivity index (χ0v) is 19.3. The van der Waals surface area contributed by atoms with Gasteiger partial charge in [-0.3, -0.25) is 0 Å². The third kappa shape index (κ3) is 9.25. The Labute approximate surface area is 173 Å². The van der Waals surface area contributed by atoms with Gasteiger partial charge in [0.25, 0.3) is 0 Å². The fourth-order valence-electron chi connectivity index (χ4n) is 2.29. The molecule has 28 heavy (non-hydrogen) atoms. The molecule has 0 aliphatic heterocycles. The third-order valence-corrected chi connectivity index (χ3v) is 4.63. The normalized spacial score (nSPS) is 13.1. The second kappa shape index (κ2) is 11.1. The molecule has 1 aromatic rings. The van der Waals surface area contributed by atoms with Gasteiger partial charge in [0, 0.05) is 46.2 Å². The topological polar surface area (TPSA) is 82.1 Å². The maximum Gasteiger partial charge on any atom is 0.410 e. The zero-order valence-electron chi connectivity index (χ0n) is 18.5. The number of amides is 1. The molecule has 1 unspecified atom stereocenters. The molecule has 0 aliphatic rings. The Balaban J connectivity index is 2.53. The molecule has 0 radical (unpaired) electrons. The zero-order chi connectivity index (χ0) is 21.3. The van der Waals surface area contributed by atoms with Gasteiger partial charge in [-0.2, -0.15) is 0 Å². The number of aliphatic imine (C=N–C) groups is 1. The highest BCUT2D eigenvalue weighted by Crippen LogP contribution is 2.18. The van der Waals surface area contributed by atoms with Crippen LogP contribution in [0.25, 0.3) is 0 Å². The van der Waals surface area contributed by atoms with Crippen molar-refractivity contribution in [2.24, 2.45) is 10.9 Å². The summed E-state index contributed by atoms with van der Waals surface area (Å²) in [7, 11) is 5.72. The average molecular weight is 413 g/mol. The fourth-order valence-corrected chi connectivity index (χ4v) is 3.04. The smallest absolute Gasteiger partial charge is 0.410 e. The van der Waals surface area contributed by atoms with Crippen LogP contribution in [0.1, 0.15) is 40.3 Å². The number of rotatable bonds is 8. The number of carbonyl (C=O) groups excluding carboxylic acids is 1. The Morgan fingerprint density at radius 1 is 1.32 bits per heavy atom. The summed E-state index contributed by atoms with van der Waals surface area (Å²) in [5, 5.41) is 9.58. The van der Waals surface area contributed by atoms with Gasteiger partial charge in [-0.25, -0.2) is 14.8 Å². The monoisotopic (exact) mass is 412 g/mol. The first-order chi connectivity index (χ1) is 13.0. The fraction of sp³-hybridized carbons (Fsp3) is 0.737. The summed E-state index contributed by atoms with van der Waals surface area (Å²) < 4.78 is 5.39. The van der Waals surface area contributed by atoms with E-state index in [1.807, 2.05) is 52.1 Å². The highest BCUT2D eigenvalue weighted by molar-refractivity contribution is 7.13. The lowest BCUT2D eigenvalue weighted by atomic mass is 10.1. The van der Waals surface area contributed by atoms with Crippen molar-refractivity contribution >= 4 is 28.5 Å². The van der Waals surface area contributed by atoms with E-state index >= 15 is 0 Å². The van der Waals surface area contributed by atoms with Crippen molar-refractivity contribution in [1.82, 2.24) is 20.5 Å². The minimum Gasteiger partial charge on any atom is -0.444 e. The van der Waals surface area contributed by atoms with Crippen LogP contribution in [0.4, 0.5) is 9.93 Å². The van der Waals surface area contributed by atoms with Gasteiger partial charge in [-0.05, 0) is 33.6 Å². The number of hydrogen-bond acceptors (Lipinski definition) is 6. The summed E-state index contributed by atoms with van der Waals surface area (Å²) in [6.07, 6.45) is -0.305. The quantitative estimate of drug-likeness (QED) is 0.505. The molecular formula is C19H36N6O2S. The number of nitrogens with zero attached hydrogens (tertiary/aromatic N) is 4. The van der Waals surface area contributed by atoms with Crippen LogP contribution < -0.4 is 15.5 Å². The van der Waals surface area contributed by atoms with Crippen LogP contribution in [0.15, 0.2) is 10.4 Å². The molecule has 1 rings (SSSR count). The lowest BCUT2D eigenvalue weighted by Crippen LogP contribution is -2.42. The van der Waals surface area contributed by atoms with Gasteiger partial charge in [-0.15, -0.1) is 11.3 Å². The summed E-state index contributed by atoms with van der Waals surface area (Å²) in [4.78, 5) is 24.8. The van der Waals surface area contributed by atoms with Gasteiger partial charge in [0.2, 0.25) is 0 Å². The Morgan fingerprint density at radius 2 is 2.00 bits per heavy atom. The molecule has 0 spiro atoms. The van der Waals surface area contributed by atoms with Gasteiger partial charge in [0.15, 0.2) is 11.1 Å². The van der Waals surface area contributed by atoms with E-state index in [0.29, 0.717) is 19.6 Å². The molecule has 2 N–H and O–H groups in total. The number of hydrogen-bond donors (Lipinski definition) is 2. The summed E-state index contributed by atoms with van der Waals surface area (Å²) in [5.74, 6) is 0.981. The van der Waals surface area contributed by atoms with Gasteiger partial charge in [0.1, 0.15) is 5.60 Å². The molecule has 0 saturated heterocycles. The lowest BCUT2D eigenvalue weighted by molar-refractivity contribution is 0.0278. The van der Waals surface area contributed by atoms with E-state index in [1.165, 1.54) is 0 Å². The van der Waals surface area contributed by atoms with E-state index in [9.17, 15) is 4.79 Å². The molecular weight excluding hydrogens is 376 g/mol. The molecule has 8 nitrogen and oxygen atoms in total. The molecule has 0 aromatic carbocycles. The SMILES string of the molecule is CCNC(=NCc1csc(N(C)C)n1)NCC(C)CN(C)C(=O)OC(C)(C)C. The van der Waals surface area contributed by atoms with Gasteiger partial charge >= 0.3 is 6.09 Å². The molecule has 0 aliphatic carbocycles. The van der Waals surface area contributed by atoms with Crippen LogP contribution in [0.3, 0.4) is 0 Å². The van der Waals surface area contributed by atoms with Crippen molar-refractivity contribution in [3.05, 3.63) is 11.1 Å². The number of carbonyl (C=O) groups is 1. The van der Waals surface area contributed by atoms with Crippen molar-refractivity contribution in [1.29, 1.82) is 0 Å². The molecule has 1 aromatic heterocycles. The lowest BCUT2D eigenvalue weighted by Gasteiger charge is -2.26. The summed E-state index contributed by atoms with van der Waals surface area (Å²) >= 11 is 1.61. The van der Waals surface area contributed by atoms with Crippen LogP contribution in [0.5, 0.6) is 0 Å². The number of anilines is 1. The van der Waals surface area contributed by atoms with Crippen molar-refractivity contribution in [3.8, 4) is 0 Å². The third-order valence-electron chi connectivity index (χ3n) is 3.57. The van der Waals surface area contributed by atoms with Gasteiger partial charge in [-0.1, -0.05) is 6.92 Å².